The van der Waals surface area contributed by atoms with Gasteiger partial charge in [-0.25, -0.2) is 4.79 Å². The highest BCUT2D eigenvalue weighted by molar-refractivity contribution is 7.81. The molecule has 0 aliphatic rings. The van der Waals surface area contributed by atoms with Gasteiger partial charge in [-0.2, -0.15) is 12.6 Å². The Labute approximate surface area is 183 Å². The average Bonchev–Trinajstić information content (AvgIpc) is 2.76. The molecule has 1 atom stereocenters. The minimum Gasteiger partial charge on any atom is -0.480 e. The highest BCUT2D eigenvalue weighted by Crippen LogP contribution is 2.22. The van der Waals surface area contributed by atoms with Crippen molar-refractivity contribution in [2.45, 2.75) is 31.7 Å². The molecule has 0 saturated heterocycles. The summed E-state index contributed by atoms with van der Waals surface area (Å²) in [6.45, 7) is 2.58. The smallest absolute Gasteiger partial charge is 0.326 e. The number of thiol groups is 1. The molecule has 0 bridgehead atoms. The number of rotatable bonds is 9. The van der Waals surface area contributed by atoms with Crippen LogP contribution in [-0.2, 0) is 9.59 Å². The number of carbonyl (C=O) groups excluding carboxylic acids is 1. The quantitative estimate of drug-likeness (QED) is 0.180. The van der Waals surface area contributed by atoms with E-state index in [4.69, 9.17) is 16.6 Å². The monoisotopic (exact) mass is 430 g/mol. The van der Waals surface area contributed by atoms with Crippen LogP contribution < -0.4 is 16.8 Å². The van der Waals surface area contributed by atoms with Crippen molar-refractivity contribution in [1.29, 1.82) is 0 Å². The van der Waals surface area contributed by atoms with Crippen molar-refractivity contribution in [3.63, 3.8) is 0 Å². The van der Waals surface area contributed by atoms with Gasteiger partial charge in [0.2, 0.25) is 5.91 Å². The lowest BCUT2D eigenvalue weighted by Crippen LogP contribution is -2.41. The van der Waals surface area contributed by atoms with E-state index in [1.54, 1.807) is 0 Å². The number of nitrogens with two attached hydrogens (primary N) is 2. The van der Waals surface area contributed by atoms with Gasteiger partial charge in [-0.05, 0) is 24.0 Å². The van der Waals surface area contributed by atoms with Crippen molar-refractivity contribution in [2.24, 2.45) is 16.5 Å². The molecule has 1 amide bonds. The number of benzene rings is 2. The van der Waals surface area contributed by atoms with Gasteiger partial charge in [0.25, 0.3) is 0 Å². The zero-order valence-corrected chi connectivity index (χ0v) is 18.0. The van der Waals surface area contributed by atoms with E-state index in [1.165, 1.54) is 11.1 Å². The first-order valence-corrected chi connectivity index (χ1v) is 10.3. The van der Waals surface area contributed by atoms with Gasteiger partial charge in [0, 0.05) is 12.5 Å². The molecule has 0 spiro atoms. The van der Waals surface area contributed by atoms with Crippen LogP contribution in [0.3, 0.4) is 0 Å². The summed E-state index contributed by atoms with van der Waals surface area (Å²) in [6, 6.07) is 20.3. The van der Waals surface area contributed by atoms with Crippen molar-refractivity contribution in [3.8, 4) is 0 Å². The third kappa shape index (κ3) is 9.97. The molecule has 8 heteroatoms. The van der Waals surface area contributed by atoms with E-state index in [2.05, 4.69) is 90.5 Å². The molecule has 0 aliphatic heterocycles. The predicted molar refractivity (Wildman–Crippen MR) is 124 cm³/mol. The summed E-state index contributed by atoms with van der Waals surface area (Å²) in [5, 5.41) is 11.1. The number of carbonyl (C=O) groups is 2. The fourth-order valence-corrected chi connectivity index (χ4v) is 2.77. The Balaban J connectivity index is 0.000000301. The summed E-state index contributed by atoms with van der Waals surface area (Å²) in [6.07, 6.45) is 0.743. The van der Waals surface area contributed by atoms with Crippen molar-refractivity contribution < 1.29 is 14.7 Å². The number of nitrogens with one attached hydrogen (secondary N) is 1. The van der Waals surface area contributed by atoms with Gasteiger partial charge >= 0.3 is 5.97 Å². The molecule has 0 fully saturated rings. The largest absolute Gasteiger partial charge is 0.480 e. The van der Waals surface area contributed by atoms with E-state index < -0.39 is 17.9 Å². The lowest BCUT2D eigenvalue weighted by Gasteiger charge is -2.12. The summed E-state index contributed by atoms with van der Waals surface area (Å²) in [5.41, 5.74) is 13.0. The second-order valence-corrected chi connectivity index (χ2v) is 6.92. The minimum atomic E-state index is -1.08. The van der Waals surface area contributed by atoms with E-state index in [9.17, 15) is 9.59 Å². The number of nitrogens with zero attached hydrogens (tertiary/aromatic N) is 1. The predicted octanol–water partition coefficient (Wildman–Crippen LogP) is 2.38. The highest BCUT2D eigenvalue weighted by atomic mass is 32.1. The van der Waals surface area contributed by atoms with Crippen molar-refractivity contribution in [2.75, 3.05) is 12.3 Å². The molecule has 0 radical (unpaired) electrons. The van der Waals surface area contributed by atoms with Gasteiger partial charge in [-0.15, -0.1) is 0 Å². The third-order valence-corrected chi connectivity index (χ3v) is 4.61. The number of hydrogen-bond acceptors (Lipinski definition) is 4. The first-order valence-electron chi connectivity index (χ1n) is 9.63. The molecule has 2 aromatic carbocycles. The Bertz CT molecular complexity index is 757. The second kappa shape index (κ2) is 14.1. The third-order valence-electron chi connectivity index (χ3n) is 4.32. The van der Waals surface area contributed by atoms with E-state index in [0.717, 1.165) is 0 Å². The topological polar surface area (TPSA) is 131 Å². The normalized spacial score (nSPS) is 11.0. The second-order valence-electron chi connectivity index (χ2n) is 6.61. The summed E-state index contributed by atoms with van der Waals surface area (Å²) in [4.78, 5) is 25.4. The van der Waals surface area contributed by atoms with Crippen molar-refractivity contribution in [3.05, 3.63) is 71.8 Å². The van der Waals surface area contributed by atoms with Gasteiger partial charge in [0.15, 0.2) is 5.96 Å². The summed E-state index contributed by atoms with van der Waals surface area (Å²) in [5.74, 6) is -1.10. The summed E-state index contributed by atoms with van der Waals surface area (Å²) >= 11 is 3.73. The maximum Gasteiger partial charge on any atom is 0.326 e. The van der Waals surface area contributed by atoms with E-state index in [1.807, 2.05) is 0 Å². The van der Waals surface area contributed by atoms with Gasteiger partial charge < -0.3 is 21.9 Å². The van der Waals surface area contributed by atoms with Gasteiger partial charge in [0.05, 0.1) is 5.75 Å². The van der Waals surface area contributed by atoms with E-state index in [0.29, 0.717) is 18.9 Å². The molecule has 0 heterocycles. The first-order chi connectivity index (χ1) is 14.3. The average molecular weight is 431 g/mol. The SMILES string of the molecule is CC(c1ccccc1)c1ccccc1.NC(N)=NCCC[C@H](NC(=O)CS)C(=O)O. The van der Waals surface area contributed by atoms with E-state index >= 15 is 0 Å². The number of aliphatic carboxylic acids is 1. The van der Waals surface area contributed by atoms with Crippen LogP contribution in [0.25, 0.3) is 0 Å². The molecule has 30 heavy (non-hydrogen) atoms. The zero-order valence-electron chi connectivity index (χ0n) is 17.1. The summed E-state index contributed by atoms with van der Waals surface area (Å²) < 4.78 is 0. The lowest BCUT2D eigenvalue weighted by atomic mass is 9.93. The number of carboxylic acid groups (broad SMARTS) is 1. The molecule has 0 saturated carbocycles. The Kier molecular flexibility index (Phi) is 11.7. The van der Waals surface area contributed by atoms with Gasteiger partial charge in [0.1, 0.15) is 6.04 Å². The molecule has 2 aromatic rings. The minimum absolute atomic E-state index is 0.0359. The molecule has 2 rings (SSSR count). The van der Waals surface area contributed by atoms with Crippen molar-refractivity contribution >= 4 is 30.5 Å². The molecule has 162 valence electrons. The van der Waals surface area contributed by atoms with Crippen molar-refractivity contribution in [1.82, 2.24) is 5.32 Å². The fraction of sp³-hybridized carbons (Fsp3) is 0.318. The maximum atomic E-state index is 10.9. The Morgan fingerprint density at radius 2 is 1.53 bits per heavy atom. The lowest BCUT2D eigenvalue weighted by molar-refractivity contribution is -0.141. The number of amides is 1. The number of hydrogen-bond donors (Lipinski definition) is 5. The van der Waals surface area contributed by atoms with Crippen LogP contribution in [0.1, 0.15) is 36.8 Å². The zero-order chi connectivity index (χ0) is 22.4. The first kappa shape index (κ1) is 25.0. The molecular formula is C22H30N4O3S. The molecule has 0 unspecified atom stereocenters. The molecule has 0 aromatic heterocycles. The van der Waals surface area contributed by atoms with Gasteiger partial charge in [-0.1, -0.05) is 67.6 Å². The number of guanidine groups is 1. The Hall–Kier alpha value is -3.00. The van der Waals surface area contributed by atoms with Crippen LogP contribution in [0.4, 0.5) is 0 Å². The van der Waals surface area contributed by atoms with Crippen LogP contribution >= 0.6 is 12.6 Å². The molecule has 7 nitrogen and oxygen atoms in total. The van der Waals surface area contributed by atoms with Gasteiger partial charge in [-0.3, -0.25) is 9.79 Å². The van der Waals surface area contributed by atoms with Crippen LogP contribution in [0.2, 0.25) is 0 Å². The Morgan fingerprint density at radius 1 is 1.03 bits per heavy atom. The fourth-order valence-electron chi connectivity index (χ4n) is 2.68. The van der Waals surface area contributed by atoms with Crippen LogP contribution in [0, 0.1) is 0 Å². The van der Waals surface area contributed by atoms with Crippen LogP contribution in [0.5, 0.6) is 0 Å². The standard InChI is InChI=1S/C14H14.C8H16N4O3S/c1-12(13-8-4-2-5-9-13)14-10-6-3-7-11-14;9-8(10)11-3-1-2-5(7(14)15)12-6(13)4-16/h2-12H,1H3;5,16H,1-4H2,(H,12,13)(H,14,15)(H4,9,10,11)/t;5-/m.0/s1. The highest BCUT2D eigenvalue weighted by Gasteiger charge is 2.18. The number of aliphatic imine (C=N–C) groups is 1. The molecular weight excluding hydrogens is 400 g/mol. The molecule has 6 N–H and O–H groups in total. The van der Waals surface area contributed by atoms with Crippen LogP contribution in [0.15, 0.2) is 65.7 Å². The molecule has 0 aliphatic carbocycles. The maximum absolute atomic E-state index is 10.9. The van der Waals surface area contributed by atoms with Crippen LogP contribution in [-0.4, -0.2) is 41.3 Å². The Morgan fingerprint density at radius 3 is 1.93 bits per heavy atom. The number of carboxylic acids is 1. The van der Waals surface area contributed by atoms with E-state index in [-0.39, 0.29) is 18.1 Å². The summed E-state index contributed by atoms with van der Waals surface area (Å²) in [7, 11) is 0.